The first-order valence-corrected chi connectivity index (χ1v) is 9.52. The molecule has 1 aromatic rings. The molecule has 1 rings (SSSR count). The Hall–Kier alpha value is -1.97. The fourth-order valence-corrected chi connectivity index (χ4v) is 4.17. The Morgan fingerprint density at radius 1 is 1.12 bits per heavy atom. The minimum Gasteiger partial charge on any atom is -0.465 e. The van der Waals surface area contributed by atoms with Gasteiger partial charge in [-0.15, -0.1) is 0 Å². The number of esters is 2. The topological polar surface area (TPSA) is 125 Å². The summed E-state index contributed by atoms with van der Waals surface area (Å²) in [7, 11) is -1.73. The van der Waals surface area contributed by atoms with Crippen molar-refractivity contribution in [2.24, 2.45) is 11.7 Å². The number of rotatable bonds is 8. The van der Waals surface area contributed by atoms with Crippen molar-refractivity contribution < 1.29 is 27.5 Å². The highest BCUT2D eigenvalue weighted by molar-refractivity contribution is 7.89. The van der Waals surface area contributed by atoms with E-state index in [1.54, 1.807) is 6.92 Å². The molecule has 0 heterocycles. The molecule has 0 spiro atoms. The van der Waals surface area contributed by atoms with Gasteiger partial charge in [0.2, 0.25) is 10.0 Å². The van der Waals surface area contributed by atoms with Gasteiger partial charge in [-0.2, -0.15) is 0 Å². The fraction of sp³-hybridized carbons (Fsp3) is 0.529. The molecule has 0 bridgehead atoms. The highest BCUT2D eigenvalue weighted by Crippen LogP contribution is 2.22. The van der Waals surface area contributed by atoms with Crippen molar-refractivity contribution in [3.63, 3.8) is 0 Å². The van der Waals surface area contributed by atoms with Crippen LogP contribution in [-0.2, 0) is 19.5 Å². The molecule has 26 heavy (non-hydrogen) atoms. The average Bonchev–Trinajstić information content (AvgIpc) is 2.58. The van der Waals surface area contributed by atoms with E-state index in [1.165, 1.54) is 6.07 Å². The maximum absolute atomic E-state index is 12.8. The first-order chi connectivity index (χ1) is 12.0. The summed E-state index contributed by atoms with van der Waals surface area (Å²) in [5.41, 5.74) is 4.74. The van der Waals surface area contributed by atoms with Gasteiger partial charge in [0.05, 0.1) is 30.2 Å². The Bertz CT molecular complexity index is 741. The highest BCUT2D eigenvalue weighted by Gasteiger charge is 2.31. The lowest BCUT2D eigenvalue weighted by molar-refractivity contribution is 0.0598. The Labute approximate surface area is 154 Å². The molecule has 0 aliphatic heterocycles. The summed E-state index contributed by atoms with van der Waals surface area (Å²) in [4.78, 5) is 23.4. The monoisotopic (exact) mass is 386 g/mol. The molecule has 0 aliphatic carbocycles. The van der Waals surface area contributed by atoms with Gasteiger partial charge in [0.1, 0.15) is 0 Å². The minimum absolute atomic E-state index is 0.0749. The van der Waals surface area contributed by atoms with Crippen LogP contribution in [0.25, 0.3) is 0 Å². The van der Waals surface area contributed by atoms with Crippen LogP contribution in [0.15, 0.2) is 23.1 Å². The number of sulfonamides is 1. The SMILES string of the molecule is COC(=O)c1cc(C(=O)OC)cc(S(=O)(=O)NC(C)(CN)CC(C)C)c1. The van der Waals surface area contributed by atoms with Crippen molar-refractivity contribution in [3.8, 4) is 0 Å². The van der Waals surface area contributed by atoms with Gasteiger partial charge in [-0.05, 0) is 37.5 Å². The second-order valence-corrected chi connectivity index (χ2v) is 8.38. The molecular formula is C17H26N2O6S. The largest absolute Gasteiger partial charge is 0.465 e. The van der Waals surface area contributed by atoms with Crippen LogP contribution in [0.5, 0.6) is 0 Å². The number of nitrogens with one attached hydrogen (secondary N) is 1. The third kappa shape index (κ3) is 5.52. The number of methoxy groups -OCH3 is 2. The van der Waals surface area contributed by atoms with Gasteiger partial charge < -0.3 is 15.2 Å². The number of ether oxygens (including phenoxy) is 2. The number of carbonyl (C=O) groups is 2. The average molecular weight is 386 g/mol. The lowest BCUT2D eigenvalue weighted by Crippen LogP contribution is -2.52. The number of hydrogen-bond donors (Lipinski definition) is 2. The summed E-state index contributed by atoms with van der Waals surface area (Å²) in [5, 5.41) is 0. The number of benzene rings is 1. The van der Waals surface area contributed by atoms with Crippen LogP contribution < -0.4 is 10.5 Å². The van der Waals surface area contributed by atoms with Crippen molar-refractivity contribution in [2.75, 3.05) is 20.8 Å². The van der Waals surface area contributed by atoms with Gasteiger partial charge in [-0.1, -0.05) is 13.8 Å². The zero-order valence-electron chi connectivity index (χ0n) is 15.7. The van der Waals surface area contributed by atoms with Crippen molar-refractivity contribution in [1.29, 1.82) is 0 Å². The number of hydrogen-bond acceptors (Lipinski definition) is 7. The van der Waals surface area contributed by atoms with E-state index in [-0.39, 0.29) is 28.5 Å². The van der Waals surface area contributed by atoms with Gasteiger partial charge in [0, 0.05) is 12.1 Å². The molecule has 1 unspecified atom stereocenters. The molecule has 0 saturated carbocycles. The normalized spacial score (nSPS) is 14.0. The molecule has 0 aromatic heterocycles. The van der Waals surface area contributed by atoms with Gasteiger partial charge in [0.15, 0.2) is 0 Å². The van der Waals surface area contributed by atoms with E-state index in [2.05, 4.69) is 14.2 Å². The summed E-state index contributed by atoms with van der Waals surface area (Å²) < 4.78 is 37.5. The van der Waals surface area contributed by atoms with E-state index in [0.717, 1.165) is 26.4 Å². The first kappa shape index (κ1) is 22.1. The van der Waals surface area contributed by atoms with Crippen molar-refractivity contribution in [2.45, 2.75) is 37.6 Å². The van der Waals surface area contributed by atoms with E-state index in [1.807, 2.05) is 13.8 Å². The molecule has 1 atom stereocenters. The Balaban J connectivity index is 3.42. The zero-order valence-corrected chi connectivity index (χ0v) is 16.5. The summed E-state index contributed by atoms with van der Waals surface area (Å²) >= 11 is 0. The third-order valence-corrected chi connectivity index (χ3v) is 5.37. The summed E-state index contributed by atoms with van der Waals surface area (Å²) in [5.74, 6) is -1.33. The quantitative estimate of drug-likeness (QED) is 0.645. The lowest BCUT2D eigenvalue weighted by Gasteiger charge is -2.30. The van der Waals surface area contributed by atoms with E-state index in [0.29, 0.717) is 6.42 Å². The molecular weight excluding hydrogens is 360 g/mol. The molecule has 146 valence electrons. The molecule has 0 fully saturated rings. The maximum Gasteiger partial charge on any atom is 0.337 e. The Kier molecular flexibility index (Phi) is 7.31. The molecule has 0 amide bonds. The summed E-state index contributed by atoms with van der Waals surface area (Å²) in [6.07, 6.45) is 0.517. The molecule has 9 heteroatoms. The minimum atomic E-state index is -4.05. The van der Waals surface area contributed by atoms with Crippen LogP contribution in [-0.4, -0.2) is 46.7 Å². The number of nitrogens with two attached hydrogens (primary N) is 1. The van der Waals surface area contributed by atoms with E-state index in [9.17, 15) is 18.0 Å². The second-order valence-electron chi connectivity index (χ2n) is 6.70. The van der Waals surface area contributed by atoms with Crippen LogP contribution in [0, 0.1) is 5.92 Å². The second kappa shape index (κ2) is 8.61. The van der Waals surface area contributed by atoms with Crippen LogP contribution in [0.1, 0.15) is 47.9 Å². The number of carbonyl (C=O) groups excluding carboxylic acids is 2. The smallest absolute Gasteiger partial charge is 0.337 e. The van der Waals surface area contributed by atoms with Gasteiger partial charge in [-0.3, -0.25) is 0 Å². The van der Waals surface area contributed by atoms with Crippen LogP contribution in [0.2, 0.25) is 0 Å². The molecule has 0 saturated heterocycles. The van der Waals surface area contributed by atoms with Crippen molar-refractivity contribution in [1.82, 2.24) is 4.72 Å². The lowest BCUT2D eigenvalue weighted by atomic mass is 9.92. The molecule has 0 aliphatic rings. The zero-order chi connectivity index (χ0) is 20.1. The summed E-state index contributed by atoms with van der Waals surface area (Å²) in [6, 6.07) is 3.51. The van der Waals surface area contributed by atoms with E-state index < -0.39 is 27.5 Å². The molecule has 8 nitrogen and oxygen atoms in total. The highest BCUT2D eigenvalue weighted by atomic mass is 32.2. The summed E-state index contributed by atoms with van der Waals surface area (Å²) in [6.45, 7) is 5.70. The third-order valence-electron chi connectivity index (χ3n) is 3.75. The molecule has 1 aromatic carbocycles. The maximum atomic E-state index is 12.8. The van der Waals surface area contributed by atoms with E-state index in [4.69, 9.17) is 5.73 Å². The predicted molar refractivity (Wildman–Crippen MR) is 96.4 cm³/mol. The van der Waals surface area contributed by atoms with Gasteiger partial charge >= 0.3 is 11.9 Å². The first-order valence-electron chi connectivity index (χ1n) is 8.03. The van der Waals surface area contributed by atoms with Crippen molar-refractivity contribution in [3.05, 3.63) is 29.3 Å². The van der Waals surface area contributed by atoms with Gasteiger partial charge in [-0.25, -0.2) is 22.7 Å². The Morgan fingerprint density at radius 3 is 1.92 bits per heavy atom. The van der Waals surface area contributed by atoms with Gasteiger partial charge in [0.25, 0.3) is 0 Å². The Morgan fingerprint density at radius 2 is 1.58 bits per heavy atom. The van der Waals surface area contributed by atoms with Crippen LogP contribution in [0.4, 0.5) is 0 Å². The fourth-order valence-electron chi connectivity index (χ4n) is 2.68. The van der Waals surface area contributed by atoms with E-state index >= 15 is 0 Å². The molecule has 0 radical (unpaired) electrons. The van der Waals surface area contributed by atoms with Crippen LogP contribution >= 0.6 is 0 Å². The standard InChI is InChI=1S/C17H26N2O6S/c1-11(2)9-17(3,10-18)19-26(22,23)14-7-12(15(20)24-4)6-13(8-14)16(21)25-5/h6-8,11,19H,9-10,18H2,1-5H3. The molecule has 3 N–H and O–H groups in total. The van der Waals surface area contributed by atoms with Crippen molar-refractivity contribution >= 4 is 22.0 Å². The van der Waals surface area contributed by atoms with Crippen LogP contribution in [0.3, 0.4) is 0 Å². The predicted octanol–water partition coefficient (Wildman–Crippen LogP) is 1.30.